The van der Waals surface area contributed by atoms with Crippen LogP contribution in [-0.2, 0) is 6.54 Å². The van der Waals surface area contributed by atoms with Gasteiger partial charge in [-0.3, -0.25) is 4.98 Å². The first-order valence-corrected chi connectivity index (χ1v) is 5.49. The minimum atomic E-state index is 0.690. The molecule has 2 N–H and O–H groups in total. The number of pyridine rings is 1. The molecule has 0 aliphatic rings. The number of aromatic nitrogens is 2. The van der Waals surface area contributed by atoms with E-state index in [0.717, 1.165) is 28.4 Å². The molecule has 0 aliphatic carbocycles. The predicted molar refractivity (Wildman–Crippen MR) is 67.1 cm³/mol. The van der Waals surface area contributed by atoms with Crippen molar-refractivity contribution in [2.45, 2.75) is 20.4 Å². The Labute approximate surface area is 100 Å². The van der Waals surface area contributed by atoms with Crippen LogP contribution in [0.5, 0.6) is 0 Å². The van der Waals surface area contributed by atoms with Crippen LogP contribution in [0, 0.1) is 13.8 Å². The van der Waals surface area contributed by atoms with Crippen molar-refractivity contribution in [1.82, 2.24) is 10.1 Å². The van der Waals surface area contributed by atoms with Gasteiger partial charge < -0.3 is 15.2 Å². The molecule has 2 rings (SSSR count). The fourth-order valence-corrected chi connectivity index (χ4v) is 1.62. The molecule has 0 radical (unpaired) electrons. The summed E-state index contributed by atoms with van der Waals surface area (Å²) in [6, 6.07) is 2.01. The van der Waals surface area contributed by atoms with E-state index >= 15 is 0 Å². The van der Waals surface area contributed by atoms with E-state index < -0.39 is 0 Å². The summed E-state index contributed by atoms with van der Waals surface area (Å²) < 4.78 is 5.11. The average molecular weight is 232 g/mol. The van der Waals surface area contributed by atoms with Gasteiger partial charge in [0.15, 0.2) is 0 Å². The molecule has 2 aromatic rings. The SMILES string of the molecule is CNc1cncc(NCc2c(C)noc2C)c1. The van der Waals surface area contributed by atoms with Crippen LogP contribution in [0.2, 0.25) is 0 Å². The molecule has 17 heavy (non-hydrogen) atoms. The van der Waals surface area contributed by atoms with E-state index in [1.807, 2.05) is 27.0 Å². The molecule has 5 nitrogen and oxygen atoms in total. The van der Waals surface area contributed by atoms with Crippen LogP contribution in [0.3, 0.4) is 0 Å². The lowest BCUT2D eigenvalue weighted by Gasteiger charge is -2.07. The summed E-state index contributed by atoms with van der Waals surface area (Å²) in [7, 11) is 1.87. The third kappa shape index (κ3) is 2.55. The highest BCUT2D eigenvalue weighted by molar-refractivity contribution is 5.53. The molecule has 0 saturated carbocycles. The maximum Gasteiger partial charge on any atom is 0.138 e. The van der Waals surface area contributed by atoms with Crippen LogP contribution in [-0.4, -0.2) is 17.2 Å². The largest absolute Gasteiger partial charge is 0.387 e. The van der Waals surface area contributed by atoms with Gasteiger partial charge in [-0.05, 0) is 19.9 Å². The van der Waals surface area contributed by atoms with E-state index in [2.05, 4.69) is 20.8 Å². The second-order valence-electron chi connectivity index (χ2n) is 3.87. The van der Waals surface area contributed by atoms with Crippen LogP contribution < -0.4 is 10.6 Å². The fourth-order valence-electron chi connectivity index (χ4n) is 1.62. The molecule has 0 atom stereocenters. The molecule has 0 aliphatic heterocycles. The topological polar surface area (TPSA) is 63.0 Å². The molecule has 0 saturated heterocycles. The summed E-state index contributed by atoms with van der Waals surface area (Å²) in [4.78, 5) is 4.14. The summed E-state index contributed by atoms with van der Waals surface area (Å²) in [6.45, 7) is 4.55. The van der Waals surface area contributed by atoms with Crippen molar-refractivity contribution >= 4 is 11.4 Å². The van der Waals surface area contributed by atoms with Crippen molar-refractivity contribution in [1.29, 1.82) is 0 Å². The molecular weight excluding hydrogens is 216 g/mol. The van der Waals surface area contributed by atoms with E-state index in [1.165, 1.54) is 0 Å². The van der Waals surface area contributed by atoms with E-state index in [0.29, 0.717) is 6.54 Å². The maximum atomic E-state index is 5.11. The van der Waals surface area contributed by atoms with Crippen molar-refractivity contribution in [3.63, 3.8) is 0 Å². The Morgan fingerprint density at radius 3 is 2.65 bits per heavy atom. The molecule has 0 unspecified atom stereocenters. The summed E-state index contributed by atoms with van der Waals surface area (Å²) in [6.07, 6.45) is 3.57. The third-order valence-electron chi connectivity index (χ3n) is 2.68. The average Bonchev–Trinajstić information content (AvgIpc) is 2.67. The zero-order chi connectivity index (χ0) is 12.3. The predicted octanol–water partition coefficient (Wildman–Crippen LogP) is 2.34. The number of nitrogens with one attached hydrogen (secondary N) is 2. The van der Waals surface area contributed by atoms with E-state index in [1.54, 1.807) is 12.4 Å². The molecule has 0 spiro atoms. The van der Waals surface area contributed by atoms with Crippen molar-refractivity contribution in [2.75, 3.05) is 17.7 Å². The van der Waals surface area contributed by atoms with Gasteiger partial charge in [-0.25, -0.2) is 0 Å². The Bertz CT molecular complexity index is 487. The van der Waals surface area contributed by atoms with Crippen LogP contribution >= 0.6 is 0 Å². The van der Waals surface area contributed by atoms with Crippen molar-refractivity contribution in [3.8, 4) is 0 Å². The van der Waals surface area contributed by atoms with E-state index in [9.17, 15) is 0 Å². The summed E-state index contributed by atoms with van der Waals surface area (Å²) in [5.74, 6) is 0.854. The number of nitrogens with zero attached hydrogens (tertiary/aromatic N) is 2. The van der Waals surface area contributed by atoms with Crippen molar-refractivity contribution in [2.24, 2.45) is 0 Å². The lowest BCUT2D eigenvalue weighted by atomic mass is 10.2. The van der Waals surface area contributed by atoms with Crippen molar-refractivity contribution in [3.05, 3.63) is 35.5 Å². The molecule has 2 heterocycles. The van der Waals surface area contributed by atoms with Gasteiger partial charge in [0.25, 0.3) is 0 Å². The number of hydrogen-bond donors (Lipinski definition) is 2. The second-order valence-corrected chi connectivity index (χ2v) is 3.87. The smallest absolute Gasteiger partial charge is 0.138 e. The number of hydrogen-bond acceptors (Lipinski definition) is 5. The number of aryl methyl sites for hydroxylation is 2. The quantitative estimate of drug-likeness (QED) is 0.847. The lowest BCUT2D eigenvalue weighted by molar-refractivity contribution is 0.392. The molecular formula is C12H16N4O. The molecule has 0 fully saturated rings. The first kappa shape index (κ1) is 11.4. The Kier molecular flexibility index (Phi) is 3.27. The summed E-state index contributed by atoms with van der Waals surface area (Å²) in [5, 5.41) is 10.3. The highest BCUT2D eigenvalue weighted by atomic mass is 16.5. The Morgan fingerprint density at radius 2 is 2.00 bits per heavy atom. The third-order valence-corrected chi connectivity index (χ3v) is 2.68. The van der Waals surface area contributed by atoms with Gasteiger partial charge in [0.2, 0.25) is 0 Å². The van der Waals surface area contributed by atoms with Crippen molar-refractivity contribution < 1.29 is 4.52 Å². The normalized spacial score (nSPS) is 10.3. The molecule has 90 valence electrons. The first-order valence-electron chi connectivity index (χ1n) is 5.49. The Hall–Kier alpha value is -2.04. The zero-order valence-corrected chi connectivity index (χ0v) is 10.2. The van der Waals surface area contributed by atoms with Gasteiger partial charge >= 0.3 is 0 Å². The van der Waals surface area contributed by atoms with Gasteiger partial charge in [0, 0.05) is 19.2 Å². The minimum absolute atomic E-state index is 0.690. The van der Waals surface area contributed by atoms with Gasteiger partial charge in [-0.2, -0.15) is 0 Å². The van der Waals surface area contributed by atoms with Gasteiger partial charge in [-0.1, -0.05) is 5.16 Å². The van der Waals surface area contributed by atoms with Crippen LogP contribution in [0.25, 0.3) is 0 Å². The Balaban J connectivity index is 2.07. The zero-order valence-electron chi connectivity index (χ0n) is 10.2. The van der Waals surface area contributed by atoms with Gasteiger partial charge in [0.1, 0.15) is 5.76 Å². The minimum Gasteiger partial charge on any atom is -0.387 e. The van der Waals surface area contributed by atoms with E-state index in [4.69, 9.17) is 4.52 Å². The number of rotatable bonds is 4. The lowest BCUT2D eigenvalue weighted by Crippen LogP contribution is -2.02. The maximum absolute atomic E-state index is 5.11. The molecule has 5 heteroatoms. The second kappa shape index (κ2) is 4.86. The number of anilines is 2. The summed E-state index contributed by atoms with van der Waals surface area (Å²) in [5.41, 5.74) is 3.97. The summed E-state index contributed by atoms with van der Waals surface area (Å²) >= 11 is 0. The highest BCUT2D eigenvalue weighted by Gasteiger charge is 2.08. The molecule has 0 bridgehead atoms. The van der Waals surface area contributed by atoms with Gasteiger partial charge in [0.05, 0.1) is 29.5 Å². The van der Waals surface area contributed by atoms with Crippen LogP contribution in [0.15, 0.2) is 23.0 Å². The highest BCUT2D eigenvalue weighted by Crippen LogP contribution is 2.16. The monoisotopic (exact) mass is 232 g/mol. The molecule has 0 amide bonds. The Morgan fingerprint density at radius 1 is 1.24 bits per heavy atom. The molecule has 0 aromatic carbocycles. The van der Waals surface area contributed by atoms with Crippen LogP contribution in [0.1, 0.15) is 17.0 Å². The van der Waals surface area contributed by atoms with Crippen LogP contribution in [0.4, 0.5) is 11.4 Å². The first-order chi connectivity index (χ1) is 8.20. The van der Waals surface area contributed by atoms with E-state index in [-0.39, 0.29) is 0 Å². The standard InChI is InChI=1S/C12H16N4O/c1-8-12(9(2)17-16-8)7-15-11-4-10(13-3)5-14-6-11/h4-6,13,15H,7H2,1-3H3. The fraction of sp³-hybridized carbons (Fsp3) is 0.333. The van der Waals surface area contributed by atoms with Gasteiger partial charge in [-0.15, -0.1) is 0 Å². The molecule has 2 aromatic heterocycles.